The second kappa shape index (κ2) is 4.57. The molecule has 0 unspecified atom stereocenters. The van der Waals surface area contributed by atoms with E-state index in [1.54, 1.807) is 0 Å². The minimum atomic E-state index is 0.270. The third kappa shape index (κ3) is 1.56. The molecule has 0 saturated heterocycles. The number of benzene rings is 3. The van der Waals surface area contributed by atoms with E-state index < -0.39 is 0 Å². The van der Waals surface area contributed by atoms with E-state index in [9.17, 15) is 5.26 Å². The van der Waals surface area contributed by atoms with Gasteiger partial charge in [-0.15, -0.1) is 0 Å². The van der Waals surface area contributed by atoms with E-state index in [0.29, 0.717) is 12.3 Å². The fraction of sp³-hybridized carbons (Fsp3) is 0.136. The first-order valence-electron chi connectivity index (χ1n) is 8.06. The highest BCUT2D eigenvalue weighted by atomic mass is 14.4. The zero-order valence-electron chi connectivity index (χ0n) is 12.7. The minimum Gasteiger partial charge on any atom is -0.198 e. The predicted octanol–water partition coefficient (Wildman–Crippen LogP) is 4.74. The van der Waals surface area contributed by atoms with Crippen LogP contribution in [-0.2, 0) is 6.42 Å². The molecular formula is C22H15N. The largest absolute Gasteiger partial charge is 0.198 e. The van der Waals surface area contributed by atoms with E-state index in [4.69, 9.17) is 0 Å². The molecule has 6 rings (SSSR count). The standard InChI is InChI=1S/C22H15N/c23-13-12-14-6-5-11-19-20(14)22-17-9-3-1-7-15(17)21(19)16-8-2-4-10-18(16)22/h1-11,21-22H,12H2. The summed E-state index contributed by atoms with van der Waals surface area (Å²) in [6.07, 6.45) is 0.483. The lowest BCUT2D eigenvalue weighted by atomic mass is 9.60. The molecule has 0 N–H and O–H groups in total. The Labute approximate surface area is 135 Å². The van der Waals surface area contributed by atoms with Gasteiger partial charge in [0.25, 0.3) is 0 Å². The Morgan fingerprint density at radius 3 is 1.74 bits per heavy atom. The van der Waals surface area contributed by atoms with E-state index in [0.717, 1.165) is 0 Å². The van der Waals surface area contributed by atoms with Gasteiger partial charge >= 0.3 is 0 Å². The van der Waals surface area contributed by atoms with Gasteiger partial charge in [-0.2, -0.15) is 5.26 Å². The first kappa shape index (κ1) is 12.7. The molecule has 3 aromatic carbocycles. The van der Waals surface area contributed by atoms with Crippen molar-refractivity contribution in [3.8, 4) is 6.07 Å². The van der Waals surface area contributed by atoms with Gasteiger partial charge in [0.15, 0.2) is 0 Å². The van der Waals surface area contributed by atoms with Gasteiger partial charge in [-0.1, -0.05) is 66.7 Å². The summed E-state index contributed by atoms with van der Waals surface area (Å²) in [4.78, 5) is 0. The summed E-state index contributed by atoms with van der Waals surface area (Å²) in [5, 5.41) is 9.23. The van der Waals surface area contributed by atoms with Gasteiger partial charge in [-0.05, 0) is 38.9 Å². The smallest absolute Gasteiger partial charge is 0.0669 e. The molecule has 0 atom stereocenters. The topological polar surface area (TPSA) is 23.8 Å². The monoisotopic (exact) mass is 293 g/mol. The van der Waals surface area contributed by atoms with Crippen molar-refractivity contribution in [1.29, 1.82) is 5.26 Å². The van der Waals surface area contributed by atoms with Crippen LogP contribution in [0.5, 0.6) is 0 Å². The molecule has 0 spiro atoms. The number of hydrogen-bond donors (Lipinski definition) is 0. The van der Waals surface area contributed by atoms with Crippen LogP contribution in [-0.4, -0.2) is 0 Å². The van der Waals surface area contributed by atoms with Crippen LogP contribution in [0.2, 0.25) is 0 Å². The van der Waals surface area contributed by atoms with Crippen molar-refractivity contribution in [3.05, 3.63) is 106 Å². The van der Waals surface area contributed by atoms with Crippen LogP contribution in [0.1, 0.15) is 50.8 Å². The molecule has 2 bridgehead atoms. The molecule has 0 fully saturated rings. The summed E-state index contributed by atoms with van der Waals surface area (Å²) < 4.78 is 0. The molecule has 108 valence electrons. The summed E-state index contributed by atoms with van der Waals surface area (Å²) in [6.45, 7) is 0. The fourth-order valence-corrected chi connectivity index (χ4v) is 4.53. The number of nitriles is 1. The Kier molecular flexibility index (Phi) is 2.52. The molecule has 0 saturated carbocycles. The second-order valence-electron chi connectivity index (χ2n) is 6.38. The summed E-state index contributed by atoms with van der Waals surface area (Å²) in [5.41, 5.74) is 9.62. The molecule has 0 heterocycles. The van der Waals surface area contributed by atoms with E-state index in [2.05, 4.69) is 72.8 Å². The first-order chi connectivity index (χ1) is 11.4. The van der Waals surface area contributed by atoms with Gasteiger partial charge < -0.3 is 0 Å². The van der Waals surface area contributed by atoms with Crippen LogP contribution in [0, 0.1) is 11.3 Å². The first-order valence-corrected chi connectivity index (χ1v) is 8.06. The molecule has 3 aromatic rings. The van der Waals surface area contributed by atoms with Gasteiger partial charge in [0, 0.05) is 11.8 Å². The Balaban J connectivity index is 1.89. The lowest BCUT2D eigenvalue weighted by molar-refractivity contribution is 0.746. The van der Waals surface area contributed by atoms with Crippen LogP contribution >= 0.6 is 0 Å². The molecule has 23 heavy (non-hydrogen) atoms. The van der Waals surface area contributed by atoms with E-state index in [-0.39, 0.29) is 5.92 Å². The molecular weight excluding hydrogens is 278 g/mol. The Morgan fingerprint density at radius 2 is 1.17 bits per heavy atom. The lowest BCUT2D eigenvalue weighted by Crippen LogP contribution is -2.28. The van der Waals surface area contributed by atoms with E-state index in [1.807, 2.05) is 0 Å². The maximum Gasteiger partial charge on any atom is 0.0669 e. The van der Waals surface area contributed by atoms with E-state index >= 15 is 0 Å². The predicted molar refractivity (Wildman–Crippen MR) is 90.5 cm³/mol. The highest BCUT2D eigenvalue weighted by molar-refractivity contribution is 5.69. The van der Waals surface area contributed by atoms with Gasteiger partial charge in [-0.25, -0.2) is 0 Å². The minimum absolute atomic E-state index is 0.270. The molecule has 0 radical (unpaired) electrons. The quantitative estimate of drug-likeness (QED) is 0.438. The van der Waals surface area contributed by atoms with Gasteiger partial charge in [0.05, 0.1) is 12.5 Å². The molecule has 0 aromatic heterocycles. The highest BCUT2D eigenvalue weighted by Gasteiger charge is 2.41. The maximum absolute atomic E-state index is 9.23. The van der Waals surface area contributed by atoms with Crippen molar-refractivity contribution < 1.29 is 0 Å². The van der Waals surface area contributed by atoms with Crippen molar-refractivity contribution >= 4 is 0 Å². The second-order valence-corrected chi connectivity index (χ2v) is 6.38. The van der Waals surface area contributed by atoms with Gasteiger partial charge in [-0.3, -0.25) is 0 Å². The van der Waals surface area contributed by atoms with Gasteiger partial charge in [0.2, 0.25) is 0 Å². The summed E-state index contributed by atoms with van der Waals surface area (Å²) in [6, 6.07) is 26.4. The Hall–Kier alpha value is -2.85. The fourth-order valence-electron chi connectivity index (χ4n) is 4.53. The molecule has 0 aliphatic heterocycles. The third-order valence-corrected chi connectivity index (χ3v) is 5.34. The molecule has 1 heteroatoms. The Bertz CT molecular complexity index is 930. The van der Waals surface area contributed by atoms with Crippen LogP contribution in [0.3, 0.4) is 0 Å². The highest BCUT2D eigenvalue weighted by Crippen LogP contribution is 2.56. The van der Waals surface area contributed by atoms with Crippen molar-refractivity contribution in [2.24, 2.45) is 0 Å². The van der Waals surface area contributed by atoms with Crippen molar-refractivity contribution in [2.75, 3.05) is 0 Å². The molecule has 3 aliphatic rings. The van der Waals surface area contributed by atoms with Crippen molar-refractivity contribution in [3.63, 3.8) is 0 Å². The van der Waals surface area contributed by atoms with Crippen LogP contribution in [0.15, 0.2) is 66.7 Å². The summed E-state index contributed by atoms with van der Waals surface area (Å²) in [5.74, 6) is 0.577. The van der Waals surface area contributed by atoms with E-state index in [1.165, 1.54) is 38.9 Å². The molecule has 0 amide bonds. The van der Waals surface area contributed by atoms with Crippen molar-refractivity contribution in [2.45, 2.75) is 18.3 Å². The van der Waals surface area contributed by atoms with Crippen LogP contribution < -0.4 is 0 Å². The van der Waals surface area contributed by atoms with Gasteiger partial charge in [0.1, 0.15) is 0 Å². The summed E-state index contributed by atoms with van der Waals surface area (Å²) >= 11 is 0. The Morgan fingerprint density at radius 1 is 0.652 bits per heavy atom. The SMILES string of the molecule is N#CCc1cccc2c1C1c3ccccc3C2c2ccccc21. The zero-order valence-corrected chi connectivity index (χ0v) is 12.7. The maximum atomic E-state index is 9.23. The number of hydrogen-bond acceptors (Lipinski definition) is 1. The van der Waals surface area contributed by atoms with Crippen LogP contribution in [0.4, 0.5) is 0 Å². The molecule has 3 aliphatic carbocycles. The lowest BCUT2D eigenvalue weighted by Gasteiger charge is -2.43. The third-order valence-electron chi connectivity index (χ3n) is 5.34. The van der Waals surface area contributed by atoms with Crippen LogP contribution in [0.25, 0.3) is 0 Å². The number of rotatable bonds is 1. The average Bonchev–Trinajstić information content (AvgIpc) is 2.62. The van der Waals surface area contributed by atoms with Crippen molar-refractivity contribution in [1.82, 2.24) is 0 Å². The summed E-state index contributed by atoms with van der Waals surface area (Å²) in [7, 11) is 0. The normalized spacial score (nSPS) is 19.4. The zero-order chi connectivity index (χ0) is 15.4. The molecule has 1 nitrogen and oxygen atoms in total. The average molecular weight is 293 g/mol. The number of nitrogens with zero attached hydrogens (tertiary/aromatic N) is 1.